The van der Waals surface area contributed by atoms with E-state index in [2.05, 4.69) is 0 Å². The van der Waals surface area contributed by atoms with Crippen molar-refractivity contribution in [2.75, 3.05) is 13.2 Å². The topological polar surface area (TPSA) is 56.5 Å². The molecule has 2 aromatic carbocycles. The molecule has 5 heteroatoms. The Balaban J connectivity index is 0.00000300. The first kappa shape index (κ1) is 21.8. The third kappa shape index (κ3) is 6.28. The molecule has 0 spiro atoms. The Morgan fingerprint density at radius 3 is 2.17 bits per heavy atom. The van der Waals surface area contributed by atoms with Crippen molar-refractivity contribution in [2.24, 2.45) is 7.05 Å². The zero-order valence-corrected chi connectivity index (χ0v) is 15.7. The van der Waals surface area contributed by atoms with E-state index < -0.39 is 0 Å². The van der Waals surface area contributed by atoms with Crippen LogP contribution in [-0.4, -0.2) is 25.0 Å². The van der Waals surface area contributed by atoms with E-state index in [1.165, 1.54) is 0 Å². The van der Waals surface area contributed by atoms with Gasteiger partial charge in [0.05, 0.1) is 13.2 Å². The molecule has 0 bridgehead atoms. The molecule has 0 saturated heterocycles. The van der Waals surface area contributed by atoms with Crippen LogP contribution >= 0.6 is 0 Å². The van der Waals surface area contributed by atoms with Crippen LogP contribution < -0.4 is 9.30 Å². The molecule has 5 nitrogen and oxygen atoms in total. The maximum absolute atomic E-state index is 12.4. The predicted octanol–water partition coefficient (Wildman–Crippen LogP) is 4.00. The second-order valence-corrected chi connectivity index (χ2v) is 6.32. The second kappa shape index (κ2) is 10.8. The maximum Gasteiger partial charge on any atom is 0.344 e. The van der Waals surface area contributed by atoms with E-state index in [1.54, 1.807) is 59.3 Å². The number of carbonyl (C=O) groups is 2. The Morgan fingerprint density at radius 2 is 1.48 bits per heavy atom. The van der Waals surface area contributed by atoms with Crippen molar-refractivity contribution in [1.29, 1.82) is 0 Å². The molecule has 0 N–H and O–H groups in total. The van der Waals surface area contributed by atoms with Crippen LogP contribution in [0.1, 0.15) is 40.1 Å². The van der Waals surface area contributed by atoms with Crippen LogP contribution in [-0.2, 0) is 11.8 Å². The Bertz CT molecular complexity index is 937. The summed E-state index contributed by atoms with van der Waals surface area (Å²) in [5.74, 6) is 0.305. The minimum atomic E-state index is -0.347. The lowest BCUT2D eigenvalue weighted by molar-refractivity contribution is -0.671. The molecule has 1 aromatic heterocycles. The highest BCUT2D eigenvalue weighted by Crippen LogP contribution is 2.15. The van der Waals surface area contributed by atoms with Crippen LogP contribution in [0.3, 0.4) is 0 Å². The summed E-state index contributed by atoms with van der Waals surface area (Å²) in [4.78, 5) is 24.3. The fraction of sp³-hybridized carbons (Fsp3) is 0.208. The standard InChI is InChI=1S/C23H22NO4.CH4/c1-24-14-5-9-20(17-24)23(26)28-16-6-15-27-21-12-10-19(11-13-21)22(25)18-7-3-2-4-8-18;/h2-5,7-14,17H,6,15-16H2,1H3;1H4/q+1;. The summed E-state index contributed by atoms with van der Waals surface area (Å²) in [6, 6.07) is 19.7. The summed E-state index contributed by atoms with van der Waals surface area (Å²) in [6.45, 7) is 0.698. The van der Waals surface area contributed by atoms with Crippen molar-refractivity contribution in [3.05, 3.63) is 95.8 Å². The molecule has 0 saturated carbocycles. The highest BCUT2D eigenvalue weighted by Gasteiger charge is 2.10. The Kier molecular flexibility index (Phi) is 8.10. The molecule has 1 heterocycles. The van der Waals surface area contributed by atoms with E-state index >= 15 is 0 Å². The second-order valence-electron chi connectivity index (χ2n) is 6.32. The summed E-state index contributed by atoms with van der Waals surface area (Å²) in [6.07, 6.45) is 4.15. The van der Waals surface area contributed by atoms with E-state index in [-0.39, 0.29) is 25.8 Å². The quantitative estimate of drug-likeness (QED) is 0.252. The maximum atomic E-state index is 12.4. The molecular weight excluding hydrogens is 366 g/mol. The third-order valence-corrected chi connectivity index (χ3v) is 4.12. The number of nitrogens with zero attached hydrogens (tertiary/aromatic N) is 1. The van der Waals surface area contributed by atoms with Crippen molar-refractivity contribution >= 4 is 11.8 Å². The minimum Gasteiger partial charge on any atom is -0.493 e. The third-order valence-electron chi connectivity index (χ3n) is 4.12. The number of aromatic nitrogens is 1. The number of aryl methyl sites for hydroxylation is 1. The average Bonchev–Trinajstić information content (AvgIpc) is 2.74. The van der Waals surface area contributed by atoms with E-state index in [0.29, 0.717) is 35.5 Å². The van der Waals surface area contributed by atoms with Crippen molar-refractivity contribution in [3.63, 3.8) is 0 Å². The van der Waals surface area contributed by atoms with Crippen LogP contribution in [0.25, 0.3) is 0 Å². The van der Waals surface area contributed by atoms with Crippen molar-refractivity contribution in [1.82, 2.24) is 0 Å². The summed E-state index contributed by atoms with van der Waals surface area (Å²) >= 11 is 0. The number of hydrogen-bond donors (Lipinski definition) is 0. The van der Waals surface area contributed by atoms with Gasteiger partial charge in [-0.2, -0.15) is 0 Å². The van der Waals surface area contributed by atoms with Gasteiger partial charge in [0, 0.05) is 23.6 Å². The number of pyridine rings is 1. The van der Waals surface area contributed by atoms with Gasteiger partial charge in [-0.3, -0.25) is 4.79 Å². The molecule has 0 fully saturated rings. The molecule has 0 aliphatic carbocycles. The lowest BCUT2D eigenvalue weighted by Crippen LogP contribution is -2.28. The lowest BCUT2D eigenvalue weighted by Gasteiger charge is -2.08. The highest BCUT2D eigenvalue weighted by atomic mass is 16.5. The molecular formula is C24H26NO4+. The van der Waals surface area contributed by atoms with Gasteiger partial charge in [0.15, 0.2) is 18.2 Å². The van der Waals surface area contributed by atoms with E-state index in [1.807, 2.05) is 31.4 Å². The van der Waals surface area contributed by atoms with Gasteiger partial charge in [0.2, 0.25) is 0 Å². The summed E-state index contributed by atoms with van der Waals surface area (Å²) < 4.78 is 12.7. The van der Waals surface area contributed by atoms with Gasteiger partial charge in [0.25, 0.3) is 0 Å². The van der Waals surface area contributed by atoms with Crippen molar-refractivity contribution in [2.45, 2.75) is 13.8 Å². The largest absolute Gasteiger partial charge is 0.493 e. The minimum absolute atomic E-state index is 0. The fourth-order valence-electron chi connectivity index (χ4n) is 2.66. The average molecular weight is 392 g/mol. The molecule has 29 heavy (non-hydrogen) atoms. The summed E-state index contributed by atoms with van der Waals surface area (Å²) in [5, 5.41) is 0. The monoisotopic (exact) mass is 392 g/mol. The summed E-state index contributed by atoms with van der Waals surface area (Å²) in [7, 11) is 1.85. The zero-order valence-electron chi connectivity index (χ0n) is 15.7. The smallest absolute Gasteiger partial charge is 0.344 e. The van der Waals surface area contributed by atoms with E-state index in [4.69, 9.17) is 9.47 Å². The molecule has 3 rings (SSSR count). The lowest BCUT2D eigenvalue weighted by atomic mass is 10.0. The predicted molar refractivity (Wildman–Crippen MR) is 111 cm³/mol. The van der Waals surface area contributed by atoms with Gasteiger partial charge in [-0.15, -0.1) is 0 Å². The van der Waals surface area contributed by atoms with Gasteiger partial charge in [-0.1, -0.05) is 37.8 Å². The first-order valence-electron chi connectivity index (χ1n) is 9.08. The Hall–Kier alpha value is -3.47. The van der Waals surface area contributed by atoms with Gasteiger partial charge in [0.1, 0.15) is 18.4 Å². The highest BCUT2D eigenvalue weighted by molar-refractivity contribution is 6.08. The Labute approximate surface area is 171 Å². The van der Waals surface area contributed by atoms with Gasteiger partial charge >= 0.3 is 5.97 Å². The zero-order chi connectivity index (χ0) is 19.8. The Morgan fingerprint density at radius 1 is 0.828 bits per heavy atom. The molecule has 150 valence electrons. The van der Waals surface area contributed by atoms with Crippen molar-refractivity contribution in [3.8, 4) is 5.75 Å². The molecule has 0 unspecified atom stereocenters. The number of rotatable bonds is 8. The molecule has 0 aliphatic rings. The number of esters is 1. The first-order valence-corrected chi connectivity index (χ1v) is 9.08. The number of benzene rings is 2. The van der Waals surface area contributed by atoms with Crippen LogP contribution in [0.15, 0.2) is 79.1 Å². The van der Waals surface area contributed by atoms with Crippen molar-refractivity contribution < 1.29 is 23.6 Å². The van der Waals surface area contributed by atoms with Crippen LogP contribution in [0.5, 0.6) is 5.75 Å². The number of ketones is 1. The SMILES string of the molecule is C.C[n+]1cccc(C(=O)OCCCOc2ccc(C(=O)c3ccccc3)cc2)c1. The normalized spacial score (nSPS) is 9.97. The molecule has 0 amide bonds. The van der Waals surface area contributed by atoms with Gasteiger partial charge in [-0.25, -0.2) is 9.36 Å². The first-order chi connectivity index (χ1) is 13.6. The summed E-state index contributed by atoms with van der Waals surface area (Å²) in [5.41, 5.74) is 1.79. The van der Waals surface area contributed by atoms with Crippen LogP contribution in [0.2, 0.25) is 0 Å². The number of ether oxygens (including phenoxy) is 2. The van der Waals surface area contributed by atoms with Gasteiger partial charge in [-0.05, 0) is 30.3 Å². The number of carbonyl (C=O) groups excluding carboxylic acids is 2. The molecule has 3 aromatic rings. The van der Waals surface area contributed by atoms with E-state index in [0.717, 1.165) is 0 Å². The van der Waals surface area contributed by atoms with Crippen LogP contribution in [0.4, 0.5) is 0 Å². The van der Waals surface area contributed by atoms with Crippen LogP contribution in [0, 0.1) is 0 Å². The van der Waals surface area contributed by atoms with E-state index in [9.17, 15) is 9.59 Å². The number of hydrogen-bond acceptors (Lipinski definition) is 4. The van der Waals surface area contributed by atoms with Gasteiger partial charge < -0.3 is 9.47 Å². The molecule has 0 atom stereocenters. The molecule has 0 radical (unpaired) electrons. The molecule has 0 aliphatic heterocycles. The fourth-order valence-corrected chi connectivity index (χ4v) is 2.66.